The Morgan fingerprint density at radius 1 is 0.786 bits per heavy atom. The molecule has 42 heavy (non-hydrogen) atoms. The van der Waals surface area contributed by atoms with Gasteiger partial charge < -0.3 is 30.7 Å². The van der Waals surface area contributed by atoms with Gasteiger partial charge in [-0.05, 0) is 60.5 Å². The van der Waals surface area contributed by atoms with Crippen molar-refractivity contribution in [3.63, 3.8) is 0 Å². The van der Waals surface area contributed by atoms with E-state index in [1.807, 2.05) is 42.5 Å². The van der Waals surface area contributed by atoms with E-state index < -0.39 is 5.54 Å². The van der Waals surface area contributed by atoms with Crippen LogP contribution in [0.3, 0.4) is 0 Å². The van der Waals surface area contributed by atoms with Gasteiger partial charge in [0.1, 0.15) is 18.8 Å². The topological polar surface area (TPSA) is 135 Å². The first kappa shape index (κ1) is 29.1. The number of nitrogens with one attached hydrogen (secondary N) is 4. The predicted octanol–water partition coefficient (Wildman–Crippen LogP) is 2.29. The maximum atomic E-state index is 13.3. The van der Waals surface area contributed by atoms with Crippen LogP contribution in [0.4, 0.5) is 0 Å². The molecular formula is C32H36N4O6. The summed E-state index contributed by atoms with van der Waals surface area (Å²) in [6, 6.07) is 18.8. The number of hydrogen-bond acceptors (Lipinski definition) is 7. The predicted molar refractivity (Wildman–Crippen MR) is 158 cm³/mol. The second-order valence-corrected chi connectivity index (χ2v) is 10.6. The summed E-state index contributed by atoms with van der Waals surface area (Å²) >= 11 is 0. The molecule has 0 radical (unpaired) electrons. The summed E-state index contributed by atoms with van der Waals surface area (Å²) < 4.78 is 11.0. The summed E-state index contributed by atoms with van der Waals surface area (Å²) in [5.41, 5.74) is 0.317. The molecule has 3 amide bonds. The second-order valence-electron chi connectivity index (χ2n) is 10.6. The Morgan fingerprint density at radius 3 is 2.36 bits per heavy atom. The average Bonchev–Trinajstić information content (AvgIpc) is 3.02. The van der Waals surface area contributed by atoms with Gasteiger partial charge >= 0.3 is 0 Å². The standard InChI is InChI=1S/C32H36N4O6/c37-26(24-8-10-27-28(20-24)42-19-18-41-27)9-11-29(38)36-32(12-14-33-15-13-32)31(40)35-17-16-34-30(39)21-23-6-3-5-22-4-1-2-7-25(22)23/h1-8,10,20,33H,9,11-19,21H2,(H,34,39)(H,35,40)(H,36,38). The van der Waals surface area contributed by atoms with Gasteiger partial charge in [0.25, 0.3) is 0 Å². The van der Waals surface area contributed by atoms with Crippen molar-refractivity contribution in [2.24, 2.45) is 0 Å². The van der Waals surface area contributed by atoms with Gasteiger partial charge in [0.2, 0.25) is 17.7 Å². The van der Waals surface area contributed by atoms with Crippen molar-refractivity contribution in [1.29, 1.82) is 0 Å². The zero-order valence-electron chi connectivity index (χ0n) is 23.5. The Morgan fingerprint density at radius 2 is 1.52 bits per heavy atom. The summed E-state index contributed by atoms with van der Waals surface area (Å²) in [5, 5.41) is 14.0. The first-order valence-electron chi connectivity index (χ1n) is 14.4. The number of Topliss-reactive ketones (excluding diaryl/α,β-unsaturated/α-hetero) is 1. The zero-order valence-corrected chi connectivity index (χ0v) is 23.5. The molecule has 3 aromatic carbocycles. The van der Waals surface area contributed by atoms with Crippen molar-refractivity contribution in [3.05, 3.63) is 71.8 Å². The summed E-state index contributed by atoms with van der Waals surface area (Å²) in [7, 11) is 0. The Kier molecular flexibility index (Phi) is 9.33. The molecule has 2 aliphatic heterocycles. The molecule has 0 atom stereocenters. The van der Waals surface area contributed by atoms with Crippen molar-refractivity contribution in [3.8, 4) is 11.5 Å². The number of piperidine rings is 1. The summed E-state index contributed by atoms with van der Waals surface area (Å²) in [6.07, 6.45) is 1.05. The summed E-state index contributed by atoms with van der Waals surface area (Å²) in [5.74, 6) is 0.143. The van der Waals surface area contributed by atoms with Crippen LogP contribution in [0.2, 0.25) is 0 Å². The van der Waals surface area contributed by atoms with Gasteiger partial charge in [0.05, 0.1) is 6.42 Å². The number of benzene rings is 3. The molecule has 3 aromatic rings. The van der Waals surface area contributed by atoms with E-state index in [2.05, 4.69) is 21.3 Å². The van der Waals surface area contributed by atoms with Gasteiger partial charge in [0, 0.05) is 31.5 Å². The largest absolute Gasteiger partial charge is 0.486 e. The smallest absolute Gasteiger partial charge is 0.245 e. The Hall–Kier alpha value is -4.44. The molecule has 10 heteroatoms. The van der Waals surface area contributed by atoms with Crippen LogP contribution in [0.5, 0.6) is 11.5 Å². The molecule has 4 N–H and O–H groups in total. The third-order valence-electron chi connectivity index (χ3n) is 7.68. The summed E-state index contributed by atoms with van der Waals surface area (Å²) in [4.78, 5) is 51.5. The van der Waals surface area contributed by atoms with Crippen LogP contribution in [-0.4, -0.2) is 68.4 Å². The maximum Gasteiger partial charge on any atom is 0.245 e. The maximum absolute atomic E-state index is 13.3. The van der Waals surface area contributed by atoms with Crippen LogP contribution in [0.1, 0.15) is 41.6 Å². The molecule has 1 fully saturated rings. The quantitative estimate of drug-likeness (QED) is 0.205. The number of amides is 3. The molecule has 2 heterocycles. The lowest BCUT2D eigenvalue weighted by Crippen LogP contribution is -2.63. The minimum atomic E-state index is -1.07. The van der Waals surface area contributed by atoms with E-state index in [1.54, 1.807) is 18.2 Å². The third-order valence-corrected chi connectivity index (χ3v) is 7.68. The Labute approximate surface area is 244 Å². The SMILES string of the molecule is O=C(Cc1cccc2ccccc12)NCCNC(=O)C1(NC(=O)CCC(=O)c2ccc3c(c2)OCCO3)CCNCC1. The minimum Gasteiger partial charge on any atom is -0.486 e. The van der Waals surface area contributed by atoms with E-state index in [4.69, 9.17) is 9.47 Å². The highest BCUT2D eigenvalue weighted by Gasteiger charge is 2.40. The van der Waals surface area contributed by atoms with Gasteiger partial charge in [-0.1, -0.05) is 42.5 Å². The molecule has 0 bridgehead atoms. The van der Waals surface area contributed by atoms with Crippen LogP contribution in [0.25, 0.3) is 10.8 Å². The van der Waals surface area contributed by atoms with E-state index in [0.717, 1.165) is 16.3 Å². The highest BCUT2D eigenvalue weighted by molar-refractivity contribution is 5.99. The van der Waals surface area contributed by atoms with E-state index in [9.17, 15) is 19.2 Å². The van der Waals surface area contributed by atoms with Crippen molar-refractivity contribution in [2.45, 2.75) is 37.6 Å². The van der Waals surface area contributed by atoms with Crippen molar-refractivity contribution in [2.75, 3.05) is 39.4 Å². The highest BCUT2D eigenvalue weighted by atomic mass is 16.6. The normalized spacial score (nSPS) is 15.4. The fourth-order valence-electron chi connectivity index (χ4n) is 5.41. The van der Waals surface area contributed by atoms with Crippen molar-refractivity contribution >= 4 is 34.3 Å². The molecule has 0 aliphatic carbocycles. The first-order chi connectivity index (χ1) is 20.4. The van der Waals surface area contributed by atoms with Gasteiger partial charge in [-0.15, -0.1) is 0 Å². The molecule has 10 nitrogen and oxygen atoms in total. The van der Waals surface area contributed by atoms with Crippen LogP contribution < -0.4 is 30.7 Å². The third kappa shape index (κ3) is 7.06. The number of hydrogen-bond donors (Lipinski definition) is 4. The summed E-state index contributed by atoms with van der Waals surface area (Å²) in [6.45, 7) is 2.53. The number of carbonyl (C=O) groups is 4. The molecule has 220 valence electrons. The van der Waals surface area contributed by atoms with E-state index >= 15 is 0 Å². The molecule has 2 aliphatic rings. The van der Waals surface area contributed by atoms with E-state index in [1.165, 1.54) is 0 Å². The molecule has 0 saturated carbocycles. The van der Waals surface area contributed by atoms with Crippen LogP contribution in [0, 0.1) is 0 Å². The molecule has 0 unspecified atom stereocenters. The van der Waals surface area contributed by atoms with Gasteiger partial charge in [0.15, 0.2) is 17.3 Å². The fraction of sp³-hybridized carbons (Fsp3) is 0.375. The number of fused-ring (bicyclic) bond motifs is 2. The Balaban J connectivity index is 1.09. The molecule has 1 saturated heterocycles. The van der Waals surface area contributed by atoms with E-state index in [0.29, 0.717) is 56.2 Å². The van der Waals surface area contributed by atoms with Crippen LogP contribution in [-0.2, 0) is 20.8 Å². The molecular weight excluding hydrogens is 536 g/mol. The van der Waals surface area contributed by atoms with Gasteiger partial charge in [-0.25, -0.2) is 0 Å². The van der Waals surface area contributed by atoms with Crippen molar-refractivity contribution < 1.29 is 28.7 Å². The van der Waals surface area contributed by atoms with Gasteiger partial charge in [-0.2, -0.15) is 0 Å². The number of rotatable bonds is 11. The fourth-order valence-corrected chi connectivity index (χ4v) is 5.41. The van der Waals surface area contributed by atoms with Crippen molar-refractivity contribution in [1.82, 2.24) is 21.3 Å². The second kappa shape index (κ2) is 13.5. The zero-order chi connectivity index (χ0) is 29.4. The molecule has 5 rings (SSSR count). The highest BCUT2D eigenvalue weighted by Crippen LogP contribution is 2.31. The van der Waals surface area contributed by atoms with Crippen LogP contribution in [0.15, 0.2) is 60.7 Å². The molecule has 0 spiro atoms. The average molecular weight is 573 g/mol. The Bertz CT molecular complexity index is 1460. The number of ether oxygens (including phenoxy) is 2. The van der Waals surface area contributed by atoms with Gasteiger partial charge in [-0.3, -0.25) is 19.2 Å². The lowest BCUT2D eigenvalue weighted by atomic mass is 9.86. The first-order valence-corrected chi connectivity index (χ1v) is 14.4. The number of carbonyl (C=O) groups excluding carboxylic acids is 4. The van der Waals surface area contributed by atoms with E-state index in [-0.39, 0.29) is 55.9 Å². The molecule has 0 aromatic heterocycles. The monoisotopic (exact) mass is 572 g/mol. The lowest BCUT2D eigenvalue weighted by Gasteiger charge is -2.37. The number of ketones is 1. The lowest BCUT2D eigenvalue weighted by molar-refractivity contribution is -0.134. The van der Waals surface area contributed by atoms with Crippen LogP contribution >= 0.6 is 0 Å². The minimum absolute atomic E-state index is 0.00413.